The summed E-state index contributed by atoms with van der Waals surface area (Å²) in [5.74, 6) is 0.842. The molecular weight excluding hydrogens is 244 g/mol. The standard InChI is InChI=1S/C18H36N2/c1-4-12-19-14-18(10-5-6-11-18)15-20(17-7-8-17)13-9-16(2)3/h16-17,19H,4-15H2,1-3H3. The van der Waals surface area contributed by atoms with Crippen LogP contribution in [-0.4, -0.2) is 37.1 Å². The SMILES string of the molecule is CCCNCC1(CN(CCC(C)C)C2CC2)CCCC1. The molecule has 0 spiro atoms. The second-order valence-corrected chi connectivity index (χ2v) is 7.77. The number of nitrogens with one attached hydrogen (secondary N) is 1. The summed E-state index contributed by atoms with van der Waals surface area (Å²) < 4.78 is 0. The molecule has 0 radical (unpaired) electrons. The van der Waals surface area contributed by atoms with E-state index in [9.17, 15) is 0 Å². The maximum absolute atomic E-state index is 3.72. The molecule has 0 atom stereocenters. The summed E-state index contributed by atoms with van der Waals surface area (Å²) in [7, 11) is 0. The first kappa shape index (κ1) is 16.3. The van der Waals surface area contributed by atoms with Gasteiger partial charge in [0.1, 0.15) is 0 Å². The second kappa shape index (κ2) is 7.79. The lowest BCUT2D eigenvalue weighted by Crippen LogP contribution is -2.44. The van der Waals surface area contributed by atoms with Crippen molar-refractivity contribution in [1.82, 2.24) is 10.2 Å². The smallest absolute Gasteiger partial charge is 0.00966 e. The Balaban J connectivity index is 1.86. The predicted molar refractivity (Wildman–Crippen MR) is 88.1 cm³/mol. The first-order valence-corrected chi connectivity index (χ1v) is 9.10. The fourth-order valence-electron chi connectivity index (χ4n) is 3.73. The maximum Gasteiger partial charge on any atom is 0.00966 e. The normalized spacial score (nSPS) is 22.1. The number of rotatable bonds is 10. The summed E-state index contributed by atoms with van der Waals surface area (Å²) in [5.41, 5.74) is 0.592. The molecule has 0 aromatic carbocycles. The van der Waals surface area contributed by atoms with E-state index in [0.29, 0.717) is 5.41 Å². The Morgan fingerprint density at radius 1 is 1.20 bits per heavy atom. The largest absolute Gasteiger partial charge is 0.316 e. The molecule has 0 bridgehead atoms. The zero-order chi connectivity index (χ0) is 14.4. The second-order valence-electron chi connectivity index (χ2n) is 7.77. The molecule has 0 aromatic heterocycles. The van der Waals surface area contributed by atoms with E-state index in [1.807, 2.05) is 0 Å². The molecule has 20 heavy (non-hydrogen) atoms. The molecule has 0 amide bonds. The summed E-state index contributed by atoms with van der Waals surface area (Å²) in [6.45, 7) is 12.1. The molecule has 2 fully saturated rings. The van der Waals surface area contributed by atoms with E-state index in [1.54, 1.807) is 0 Å². The highest BCUT2D eigenvalue weighted by atomic mass is 15.2. The molecule has 2 nitrogen and oxygen atoms in total. The van der Waals surface area contributed by atoms with E-state index in [4.69, 9.17) is 0 Å². The molecule has 2 aliphatic rings. The van der Waals surface area contributed by atoms with Crippen LogP contribution < -0.4 is 5.32 Å². The fraction of sp³-hybridized carbons (Fsp3) is 1.00. The van der Waals surface area contributed by atoms with Crippen LogP contribution in [0.4, 0.5) is 0 Å². The van der Waals surface area contributed by atoms with Crippen molar-refractivity contribution in [1.29, 1.82) is 0 Å². The molecule has 2 rings (SSSR count). The van der Waals surface area contributed by atoms with Crippen molar-refractivity contribution in [3.05, 3.63) is 0 Å². The maximum atomic E-state index is 3.72. The number of hydrogen-bond donors (Lipinski definition) is 1. The fourth-order valence-corrected chi connectivity index (χ4v) is 3.73. The molecule has 1 N–H and O–H groups in total. The van der Waals surface area contributed by atoms with Crippen LogP contribution in [0.25, 0.3) is 0 Å². The Hall–Kier alpha value is -0.0800. The molecule has 2 aliphatic carbocycles. The Labute approximate surface area is 126 Å². The predicted octanol–water partition coefficient (Wildman–Crippen LogP) is 4.06. The van der Waals surface area contributed by atoms with Crippen LogP contribution in [0, 0.1) is 11.3 Å². The third-order valence-corrected chi connectivity index (χ3v) is 5.19. The van der Waals surface area contributed by atoms with Crippen LogP contribution in [0.1, 0.15) is 72.1 Å². The van der Waals surface area contributed by atoms with Gasteiger partial charge in [-0.1, -0.05) is 33.6 Å². The average Bonchev–Trinajstić information content (AvgIpc) is 3.16. The topological polar surface area (TPSA) is 15.3 Å². The lowest BCUT2D eigenvalue weighted by molar-refractivity contribution is 0.136. The van der Waals surface area contributed by atoms with Crippen molar-refractivity contribution in [2.75, 3.05) is 26.2 Å². The van der Waals surface area contributed by atoms with Crippen molar-refractivity contribution < 1.29 is 0 Å². The van der Waals surface area contributed by atoms with Crippen LogP contribution in [0.5, 0.6) is 0 Å². The van der Waals surface area contributed by atoms with Gasteiger partial charge in [0.25, 0.3) is 0 Å². The van der Waals surface area contributed by atoms with Gasteiger partial charge in [-0.2, -0.15) is 0 Å². The minimum Gasteiger partial charge on any atom is -0.316 e. The van der Waals surface area contributed by atoms with Crippen molar-refractivity contribution in [3.63, 3.8) is 0 Å². The van der Waals surface area contributed by atoms with Gasteiger partial charge in [-0.05, 0) is 62.9 Å². The zero-order valence-electron chi connectivity index (χ0n) is 14.1. The summed E-state index contributed by atoms with van der Waals surface area (Å²) in [5, 5.41) is 3.72. The quantitative estimate of drug-likeness (QED) is 0.607. The summed E-state index contributed by atoms with van der Waals surface area (Å²) in [4.78, 5) is 2.85. The van der Waals surface area contributed by atoms with Crippen molar-refractivity contribution in [3.8, 4) is 0 Å². The van der Waals surface area contributed by atoms with Gasteiger partial charge in [-0.3, -0.25) is 4.90 Å². The molecule has 0 saturated heterocycles. The Morgan fingerprint density at radius 3 is 2.45 bits per heavy atom. The molecular formula is C18H36N2. The van der Waals surface area contributed by atoms with E-state index in [2.05, 4.69) is 31.0 Å². The van der Waals surface area contributed by atoms with Crippen molar-refractivity contribution in [2.45, 2.75) is 78.2 Å². The first-order chi connectivity index (χ1) is 9.65. The number of nitrogens with zero attached hydrogens (tertiary/aromatic N) is 1. The van der Waals surface area contributed by atoms with Crippen LogP contribution in [-0.2, 0) is 0 Å². The molecule has 2 heteroatoms. The number of hydrogen-bond acceptors (Lipinski definition) is 2. The van der Waals surface area contributed by atoms with Gasteiger partial charge in [0.05, 0.1) is 0 Å². The van der Waals surface area contributed by atoms with Crippen LogP contribution in [0.2, 0.25) is 0 Å². The van der Waals surface area contributed by atoms with Crippen LogP contribution in [0.15, 0.2) is 0 Å². The molecule has 0 aromatic rings. The molecule has 2 saturated carbocycles. The third-order valence-electron chi connectivity index (χ3n) is 5.19. The van der Waals surface area contributed by atoms with Gasteiger partial charge in [0.15, 0.2) is 0 Å². The lowest BCUT2D eigenvalue weighted by Gasteiger charge is -2.36. The zero-order valence-corrected chi connectivity index (χ0v) is 14.1. The summed E-state index contributed by atoms with van der Waals surface area (Å²) in [6.07, 6.45) is 11.4. The Kier molecular flexibility index (Phi) is 6.35. The van der Waals surface area contributed by atoms with E-state index < -0.39 is 0 Å². The Bertz CT molecular complexity index is 265. The van der Waals surface area contributed by atoms with Crippen molar-refractivity contribution in [2.24, 2.45) is 11.3 Å². The highest BCUT2D eigenvalue weighted by Crippen LogP contribution is 2.40. The van der Waals surface area contributed by atoms with Crippen molar-refractivity contribution >= 4 is 0 Å². The van der Waals surface area contributed by atoms with Gasteiger partial charge in [-0.25, -0.2) is 0 Å². The van der Waals surface area contributed by atoms with Crippen LogP contribution >= 0.6 is 0 Å². The van der Waals surface area contributed by atoms with Crippen LogP contribution in [0.3, 0.4) is 0 Å². The first-order valence-electron chi connectivity index (χ1n) is 9.10. The molecule has 0 unspecified atom stereocenters. The highest BCUT2D eigenvalue weighted by Gasteiger charge is 2.39. The summed E-state index contributed by atoms with van der Waals surface area (Å²) in [6, 6.07) is 0.928. The summed E-state index contributed by atoms with van der Waals surface area (Å²) >= 11 is 0. The average molecular weight is 280 g/mol. The minimum absolute atomic E-state index is 0.592. The molecule has 118 valence electrons. The van der Waals surface area contributed by atoms with Gasteiger partial charge >= 0.3 is 0 Å². The van der Waals surface area contributed by atoms with E-state index in [-0.39, 0.29) is 0 Å². The monoisotopic (exact) mass is 280 g/mol. The van der Waals surface area contributed by atoms with Gasteiger partial charge in [0.2, 0.25) is 0 Å². The molecule has 0 heterocycles. The minimum atomic E-state index is 0.592. The van der Waals surface area contributed by atoms with Gasteiger partial charge in [0, 0.05) is 19.1 Å². The van der Waals surface area contributed by atoms with Gasteiger partial charge in [-0.15, -0.1) is 0 Å². The third kappa shape index (κ3) is 5.04. The van der Waals surface area contributed by atoms with E-state index in [1.165, 1.54) is 77.5 Å². The van der Waals surface area contributed by atoms with E-state index >= 15 is 0 Å². The van der Waals surface area contributed by atoms with E-state index in [0.717, 1.165) is 12.0 Å². The van der Waals surface area contributed by atoms with Gasteiger partial charge < -0.3 is 5.32 Å². The Morgan fingerprint density at radius 2 is 1.90 bits per heavy atom. The molecule has 0 aliphatic heterocycles. The highest BCUT2D eigenvalue weighted by molar-refractivity contribution is 4.94. The lowest BCUT2D eigenvalue weighted by atomic mass is 9.85.